The van der Waals surface area contributed by atoms with E-state index in [-0.39, 0.29) is 0 Å². The van der Waals surface area contributed by atoms with Gasteiger partial charge < -0.3 is 9.80 Å². The lowest BCUT2D eigenvalue weighted by atomic mass is 10.2. The highest BCUT2D eigenvalue weighted by molar-refractivity contribution is 9.10. The van der Waals surface area contributed by atoms with Crippen LogP contribution in [0.4, 0.5) is 5.69 Å². The Kier molecular flexibility index (Phi) is 3.89. The summed E-state index contributed by atoms with van der Waals surface area (Å²) >= 11 is 3.45. The van der Waals surface area contributed by atoms with Crippen LogP contribution in [-0.4, -0.2) is 48.1 Å². The number of pyridine rings is 2. The molecular formula is C15H19BrN4. The van der Waals surface area contributed by atoms with E-state index in [1.165, 1.54) is 19.4 Å². The molecule has 3 heterocycles. The number of nitrogens with zero attached hydrogens (tertiary/aromatic N) is 4. The van der Waals surface area contributed by atoms with E-state index in [0.29, 0.717) is 6.04 Å². The molecule has 1 aliphatic heterocycles. The van der Waals surface area contributed by atoms with Gasteiger partial charge in [-0.15, -0.1) is 0 Å². The van der Waals surface area contributed by atoms with Crippen LogP contribution in [0, 0.1) is 0 Å². The van der Waals surface area contributed by atoms with Gasteiger partial charge in [0.15, 0.2) is 0 Å². The van der Waals surface area contributed by atoms with Crippen molar-refractivity contribution in [1.82, 2.24) is 14.9 Å². The van der Waals surface area contributed by atoms with E-state index >= 15 is 0 Å². The average molecular weight is 335 g/mol. The molecule has 0 amide bonds. The van der Waals surface area contributed by atoms with Gasteiger partial charge in [0.1, 0.15) is 5.52 Å². The van der Waals surface area contributed by atoms with Gasteiger partial charge >= 0.3 is 0 Å². The number of fused-ring (bicyclic) bond motifs is 1. The molecular weight excluding hydrogens is 316 g/mol. The van der Waals surface area contributed by atoms with Crippen molar-refractivity contribution in [2.24, 2.45) is 0 Å². The van der Waals surface area contributed by atoms with Crippen molar-refractivity contribution in [3.05, 3.63) is 29.0 Å². The highest BCUT2D eigenvalue weighted by Gasteiger charge is 2.22. The van der Waals surface area contributed by atoms with Crippen LogP contribution in [0.5, 0.6) is 0 Å². The van der Waals surface area contributed by atoms with Crippen molar-refractivity contribution in [1.29, 1.82) is 0 Å². The predicted molar refractivity (Wildman–Crippen MR) is 86.2 cm³/mol. The Labute approximate surface area is 127 Å². The van der Waals surface area contributed by atoms with Gasteiger partial charge in [0.05, 0.1) is 11.2 Å². The highest BCUT2D eigenvalue weighted by atomic mass is 79.9. The van der Waals surface area contributed by atoms with Crippen molar-refractivity contribution in [2.45, 2.75) is 18.9 Å². The molecule has 20 heavy (non-hydrogen) atoms. The molecule has 5 heteroatoms. The fourth-order valence-electron chi connectivity index (χ4n) is 2.92. The second-order valence-corrected chi connectivity index (χ2v) is 6.42. The zero-order chi connectivity index (χ0) is 14.1. The third-order valence-electron chi connectivity index (χ3n) is 4.09. The van der Waals surface area contributed by atoms with Gasteiger partial charge in [-0.05, 0) is 54.5 Å². The van der Waals surface area contributed by atoms with E-state index < -0.39 is 0 Å². The summed E-state index contributed by atoms with van der Waals surface area (Å²) in [5, 5.41) is 0. The predicted octanol–water partition coefficient (Wildman–Crippen LogP) is 2.92. The molecule has 1 aliphatic rings. The van der Waals surface area contributed by atoms with Gasteiger partial charge in [-0.3, -0.25) is 9.97 Å². The quantitative estimate of drug-likeness (QED) is 0.863. The van der Waals surface area contributed by atoms with Crippen LogP contribution >= 0.6 is 15.9 Å². The summed E-state index contributed by atoms with van der Waals surface area (Å²) < 4.78 is 0.966. The molecule has 2 aromatic heterocycles. The van der Waals surface area contributed by atoms with Crippen molar-refractivity contribution in [2.75, 3.05) is 32.1 Å². The average Bonchev–Trinajstić information content (AvgIpc) is 2.83. The van der Waals surface area contributed by atoms with Crippen molar-refractivity contribution < 1.29 is 0 Å². The molecule has 0 aromatic carbocycles. The summed E-state index contributed by atoms with van der Waals surface area (Å²) in [7, 11) is 4.36. The van der Waals surface area contributed by atoms with Gasteiger partial charge in [-0.2, -0.15) is 0 Å². The Hall–Kier alpha value is -1.20. The monoisotopic (exact) mass is 334 g/mol. The lowest BCUT2D eigenvalue weighted by Gasteiger charge is -2.27. The van der Waals surface area contributed by atoms with E-state index in [4.69, 9.17) is 0 Å². The number of rotatable bonds is 3. The van der Waals surface area contributed by atoms with Gasteiger partial charge in [0.25, 0.3) is 0 Å². The van der Waals surface area contributed by atoms with Crippen LogP contribution in [0.2, 0.25) is 0 Å². The first kappa shape index (κ1) is 13.8. The molecule has 0 radical (unpaired) electrons. The van der Waals surface area contributed by atoms with Crippen LogP contribution in [0.1, 0.15) is 12.8 Å². The fraction of sp³-hybridized carbons (Fsp3) is 0.467. The van der Waals surface area contributed by atoms with Crippen LogP contribution in [0.3, 0.4) is 0 Å². The minimum Gasteiger partial charge on any atom is -0.371 e. The molecule has 1 fully saturated rings. The number of aromatic nitrogens is 2. The van der Waals surface area contributed by atoms with Crippen molar-refractivity contribution in [3.63, 3.8) is 0 Å². The zero-order valence-corrected chi connectivity index (χ0v) is 13.5. The molecule has 0 aliphatic carbocycles. The number of halogens is 1. The first-order chi connectivity index (χ1) is 9.65. The van der Waals surface area contributed by atoms with Crippen molar-refractivity contribution >= 4 is 32.7 Å². The summed E-state index contributed by atoms with van der Waals surface area (Å²) in [5.74, 6) is 0. The fourth-order valence-corrected chi connectivity index (χ4v) is 3.24. The Morgan fingerprint density at radius 2 is 2.30 bits per heavy atom. The van der Waals surface area contributed by atoms with E-state index in [2.05, 4.69) is 55.9 Å². The van der Waals surface area contributed by atoms with Gasteiger partial charge in [-0.25, -0.2) is 0 Å². The molecule has 3 rings (SSSR count). The molecule has 2 aromatic rings. The van der Waals surface area contributed by atoms with Gasteiger partial charge in [-0.1, -0.05) is 0 Å². The molecule has 0 N–H and O–H groups in total. The lowest BCUT2D eigenvalue weighted by Crippen LogP contribution is -2.36. The largest absolute Gasteiger partial charge is 0.371 e. The van der Waals surface area contributed by atoms with Gasteiger partial charge in [0.2, 0.25) is 0 Å². The Morgan fingerprint density at radius 3 is 3.05 bits per heavy atom. The van der Waals surface area contributed by atoms with E-state index in [9.17, 15) is 0 Å². The minimum absolute atomic E-state index is 0.638. The first-order valence-corrected chi connectivity index (χ1v) is 7.76. The number of likely N-dealkylation sites (tertiary alicyclic amines) is 1. The Bertz CT molecular complexity index is 616. The molecule has 4 nitrogen and oxygen atoms in total. The maximum absolute atomic E-state index is 4.53. The first-order valence-electron chi connectivity index (χ1n) is 6.97. The number of hydrogen-bond acceptors (Lipinski definition) is 4. The molecule has 0 spiro atoms. The van der Waals surface area contributed by atoms with E-state index in [0.717, 1.165) is 27.7 Å². The van der Waals surface area contributed by atoms with Crippen LogP contribution in [-0.2, 0) is 0 Å². The van der Waals surface area contributed by atoms with E-state index in [1.54, 1.807) is 0 Å². The second-order valence-electron chi connectivity index (χ2n) is 5.51. The molecule has 106 valence electrons. The van der Waals surface area contributed by atoms with Crippen molar-refractivity contribution in [3.8, 4) is 0 Å². The third-order valence-corrected chi connectivity index (χ3v) is 4.52. The Balaban J connectivity index is 1.89. The van der Waals surface area contributed by atoms with E-state index in [1.807, 2.05) is 18.5 Å². The molecule has 1 unspecified atom stereocenters. The number of anilines is 1. The van der Waals surface area contributed by atoms with Gasteiger partial charge in [0, 0.05) is 36.5 Å². The lowest BCUT2D eigenvalue weighted by molar-refractivity contribution is 0.314. The summed E-state index contributed by atoms with van der Waals surface area (Å²) in [6.45, 7) is 2.24. The maximum Gasteiger partial charge on any atom is 0.112 e. The Morgan fingerprint density at radius 1 is 1.45 bits per heavy atom. The highest BCUT2D eigenvalue weighted by Crippen LogP contribution is 2.26. The molecule has 0 saturated carbocycles. The number of likely N-dealkylation sites (N-methyl/N-ethyl adjacent to an activating group) is 2. The molecule has 1 atom stereocenters. The summed E-state index contributed by atoms with van der Waals surface area (Å²) in [5.41, 5.74) is 3.06. The summed E-state index contributed by atoms with van der Waals surface area (Å²) in [4.78, 5) is 13.7. The number of hydrogen-bond donors (Lipinski definition) is 0. The smallest absolute Gasteiger partial charge is 0.112 e. The normalized spacial score (nSPS) is 19.6. The SMILES string of the molecule is CN(CC1CCCN1C)c1ccnc2cc(Br)cnc12. The summed E-state index contributed by atoms with van der Waals surface area (Å²) in [6, 6.07) is 4.71. The molecule has 1 saturated heterocycles. The summed E-state index contributed by atoms with van der Waals surface area (Å²) in [6.07, 6.45) is 6.28. The van der Waals surface area contributed by atoms with Crippen LogP contribution in [0.15, 0.2) is 29.0 Å². The van der Waals surface area contributed by atoms with Crippen LogP contribution < -0.4 is 4.90 Å². The minimum atomic E-state index is 0.638. The topological polar surface area (TPSA) is 32.3 Å². The third kappa shape index (κ3) is 2.65. The molecule has 0 bridgehead atoms. The second kappa shape index (κ2) is 5.66. The van der Waals surface area contributed by atoms with Crippen LogP contribution in [0.25, 0.3) is 11.0 Å². The standard InChI is InChI=1S/C15H19BrN4/c1-19-7-3-4-12(19)10-20(2)14-5-6-17-13-8-11(16)9-18-15(13)14/h5-6,8-9,12H,3-4,7,10H2,1-2H3. The maximum atomic E-state index is 4.53. The zero-order valence-electron chi connectivity index (χ0n) is 11.9.